The number of rotatable bonds is 4. The summed E-state index contributed by atoms with van der Waals surface area (Å²) in [6.07, 6.45) is 1.11. The molecule has 0 amide bonds. The van der Waals surface area contributed by atoms with Gasteiger partial charge in [-0.15, -0.1) is 5.10 Å². The van der Waals surface area contributed by atoms with Crippen LogP contribution in [0.5, 0.6) is 23.0 Å². The Morgan fingerprint density at radius 1 is 1.22 bits per heavy atom. The summed E-state index contributed by atoms with van der Waals surface area (Å²) in [5.74, 6) is 1.78. The van der Waals surface area contributed by atoms with E-state index in [-0.39, 0.29) is 17.9 Å². The van der Waals surface area contributed by atoms with Crippen LogP contribution in [0.3, 0.4) is 0 Å². The van der Waals surface area contributed by atoms with Gasteiger partial charge in [0.1, 0.15) is 6.61 Å². The van der Waals surface area contributed by atoms with E-state index in [0.717, 1.165) is 0 Å². The Kier molecular flexibility index (Phi) is 4.98. The third-order valence-electron chi connectivity index (χ3n) is 4.76. The lowest BCUT2D eigenvalue weighted by Crippen LogP contribution is -2.26. The number of carbonyl (C=O) groups is 1. The highest BCUT2D eigenvalue weighted by molar-refractivity contribution is 7.15. The number of hydrogen-bond donors (Lipinski definition) is 0. The maximum Gasteiger partial charge on any atom is 0.308 e. The molecule has 9 nitrogen and oxygen atoms in total. The van der Waals surface area contributed by atoms with Crippen molar-refractivity contribution < 1.29 is 23.7 Å². The van der Waals surface area contributed by atoms with Crippen LogP contribution in [0.4, 0.5) is 0 Å². The summed E-state index contributed by atoms with van der Waals surface area (Å²) >= 11 is 1.17. The highest BCUT2D eigenvalue weighted by atomic mass is 32.1. The summed E-state index contributed by atoms with van der Waals surface area (Å²) in [5, 5.41) is 4.34. The second kappa shape index (κ2) is 7.97. The molecule has 1 atom stereocenters. The molecule has 3 heterocycles. The van der Waals surface area contributed by atoms with Crippen LogP contribution in [0.2, 0.25) is 0 Å². The van der Waals surface area contributed by atoms with Gasteiger partial charge in [0.15, 0.2) is 34.9 Å². The van der Waals surface area contributed by atoms with E-state index in [9.17, 15) is 9.59 Å². The van der Waals surface area contributed by atoms with Gasteiger partial charge in [0.25, 0.3) is 5.56 Å². The van der Waals surface area contributed by atoms with Gasteiger partial charge in [-0.3, -0.25) is 9.59 Å². The van der Waals surface area contributed by atoms with Crippen LogP contribution in [0.15, 0.2) is 47.3 Å². The first-order valence-corrected chi connectivity index (χ1v) is 10.5. The van der Waals surface area contributed by atoms with Crippen molar-refractivity contribution in [1.29, 1.82) is 0 Å². The average molecular weight is 451 g/mol. The van der Waals surface area contributed by atoms with Crippen molar-refractivity contribution in [2.75, 3.05) is 13.7 Å². The van der Waals surface area contributed by atoms with Gasteiger partial charge < -0.3 is 18.9 Å². The van der Waals surface area contributed by atoms with Crippen LogP contribution in [0.25, 0.3) is 11.0 Å². The molecular formula is C22H17N3O6S. The molecule has 0 N–H and O–H groups in total. The van der Waals surface area contributed by atoms with Crippen molar-refractivity contribution in [3.63, 3.8) is 0 Å². The Balaban J connectivity index is 1.51. The smallest absolute Gasteiger partial charge is 0.308 e. The first-order valence-electron chi connectivity index (χ1n) is 9.68. The molecule has 1 unspecified atom stereocenters. The fourth-order valence-corrected chi connectivity index (χ4v) is 4.24. The molecule has 0 saturated heterocycles. The second-order valence-corrected chi connectivity index (χ2v) is 7.93. The normalized spacial score (nSPS) is 15.7. The van der Waals surface area contributed by atoms with Crippen molar-refractivity contribution in [2.45, 2.75) is 13.0 Å². The maximum absolute atomic E-state index is 12.9. The molecule has 2 aromatic carbocycles. The minimum Gasteiger partial charge on any atom is -0.493 e. The van der Waals surface area contributed by atoms with Gasteiger partial charge in [0, 0.05) is 12.5 Å². The lowest BCUT2D eigenvalue weighted by molar-refractivity contribution is -0.132. The second-order valence-electron chi connectivity index (χ2n) is 6.92. The van der Waals surface area contributed by atoms with Gasteiger partial charge in [0.05, 0.1) is 11.6 Å². The zero-order chi connectivity index (χ0) is 22.2. The molecule has 2 aromatic heterocycles. The van der Waals surface area contributed by atoms with Crippen molar-refractivity contribution in [2.24, 2.45) is 0 Å². The van der Waals surface area contributed by atoms with E-state index in [1.807, 2.05) is 18.2 Å². The number of para-hydroxylation sites is 3. The minimum atomic E-state index is -0.516. The quantitative estimate of drug-likeness (QED) is 0.344. The van der Waals surface area contributed by atoms with Crippen molar-refractivity contribution in [3.8, 4) is 23.0 Å². The van der Waals surface area contributed by atoms with Gasteiger partial charge in [-0.1, -0.05) is 35.6 Å². The molecule has 1 aliphatic rings. The molecule has 5 rings (SSSR count). The number of aromatic nitrogens is 3. The minimum absolute atomic E-state index is 0.244. The lowest BCUT2D eigenvalue weighted by Gasteiger charge is -2.24. The number of fused-ring (bicyclic) bond motifs is 2. The van der Waals surface area contributed by atoms with Crippen molar-refractivity contribution >= 4 is 28.3 Å². The van der Waals surface area contributed by atoms with Gasteiger partial charge in [0.2, 0.25) is 4.96 Å². The number of hydrogen-bond acceptors (Lipinski definition) is 9. The summed E-state index contributed by atoms with van der Waals surface area (Å²) in [7, 11) is 1.48. The molecule has 4 aromatic rings. The molecule has 162 valence electrons. The molecule has 0 fully saturated rings. The zero-order valence-electron chi connectivity index (χ0n) is 17.1. The molecule has 0 bridgehead atoms. The van der Waals surface area contributed by atoms with Crippen LogP contribution in [0, 0.1) is 0 Å². The molecule has 0 spiro atoms. The third kappa shape index (κ3) is 3.54. The zero-order valence-corrected chi connectivity index (χ0v) is 17.9. The summed E-state index contributed by atoms with van der Waals surface area (Å²) in [4.78, 5) is 29.4. The van der Waals surface area contributed by atoms with E-state index in [1.165, 1.54) is 29.9 Å². The number of esters is 1. The largest absolute Gasteiger partial charge is 0.493 e. The van der Waals surface area contributed by atoms with Crippen LogP contribution in [-0.4, -0.2) is 34.3 Å². The van der Waals surface area contributed by atoms with E-state index in [4.69, 9.17) is 18.9 Å². The van der Waals surface area contributed by atoms with E-state index in [0.29, 0.717) is 38.1 Å². The summed E-state index contributed by atoms with van der Waals surface area (Å²) < 4.78 is 23.9. The summed E-state index contributed by atoms with van der Waals surface area (Å²) in [6, 6.07) is 12.5. The van der Waals surface area contributed by atoms with E-state index in [1.54, 1.807) is 30.3 Å². The van der Waals surface area contributed by atoms with E-state index < -0.39 is 12.1 Å². The van der Waals surface area contributed by atoms with Gasteiger partial charge in [-0.25, -0.2) is 0 Å². The van der Waals surface area contributed by atoms with Crippen LogP contribution >= 0.6 is 11.3 Å². The average Bonchev–Trinajstić information content (AvgIpc) is 3.33. The predicted octanol–water partition coefficient (Wildman–Crippen LogP) is 2.15. The molecule has 1 aliphatic heterocycles. The molecular weight excluding hydrogens is 434 g/mol. The Hall–Kier alpha value is -3.92. The summed E-state index contributed by atoms with van der Waals surface area (Å²) in [5.41, 5.74) is 0.194. The molecule has 32 heavy (non-hydrogen) atoms. The lowest BCUT2D eigenvalue weighted by atomic mass is 10.2. The number of nitrogens with zero attached hydrogens (tertiary/aromatic N) is 3. The fraction of sp³-hybridized carbons (Fsp3) is 0.182. The Bertz CT molecular complexity index is 1440. The van der Waals surface area contributed by atoms with Crippen LogP contribution < -0.4 is 29.0 Å². The molecule has 0 radical (unpaired) electrons. The van der Waals surface area contributed by atoms with Crippen LogP contribution in [0.1, 0.15) is 24.4 Å². The predicted molar refractivity (Wildman–Crippen MR) is 116 cm³/mol. The SMILES string of the molecule is COc1cccc(/C=c2\sc3nc(C4COc5ccccc5O4)nn3c2=O)c1OC(C)=O. The molecule has 0 saturated carbocycles. The van der Waals surface area contributed by atoms with E-state index in [2.05, 4.69) is 10.1 Å². The fourth-order valence-electron chi connectivity index (χ4n) is 3.33. The van der Waals surface area contributed by atoms with Crippen molar-refractivity contribution in [3.05, 3.63) is 68.7 Å². The first kappa shape index (κ1) is 20.0. The highest BCUT2D eigenvalue weighted by Crippen LogP contribution is 2.35. The number of ether oxygens (including phenoxy) is 4. The van der Waals surface area contributed by atoms with Gasteiger partial charge in [-0.2, -0.15) is 9.50 Å². The highest BCUT2D eigenvalue weighted by Gasteiger charge is 2.27. The van der Waals surface area contributed by atoms with Crippen molar-refractivity contribution in [1.82, 2.24) is 14.6 Å². The van der Waals surface area contributed by atoms with Crippen LogP contribution in [-0.2, 0) is 4.79 Å². The third-order valence-corrected chi connectivity index (χ3v) is 5.72. The van der Waals surface area contributed by atoms with E-state index >= 15 is 0 Å². The number of methoxy groups -OCH3 is 1. The van der Waals surface area contributed by atoms with Gasteiger partial charge in [-0.05, 0) is 24.3 Å². The number of carbonyl (C=O) groups excluding carboxylic acids is 1. The number of thiazole rings is 1. The number of benzene rings is 2. The summed E-state index contributed by atoms with van der Waals surface area (Å²) in [6.45, 7) is 1.55. The Labute approximate surface area is 185 Å². The monoisotopic (exact) mass is 451 g/mol. The molecule has 10 heteroatoms. The van der Waals surface area contributed by atoms with Gasteiger partial charge >= 0.3 is 5.97 Å². The molecule has 0 aliphatic carbocycles. The Morgan fingerprint density at radius 2 is 2.03 bits per heavy atom. The Morgan fingerprint density at radius 3 is 2.78 bits per heavy atom. The standard InChI is InChI=1S/C22H17N3O6S/c1-12(26)30-19-13(6-5-9-16(19)28-2)10-18-21(27)25-22(32-18)23-20(24-25)17-11-29-14-7-3-4-8-15(14)31-17/h3-10,17H,11H2,1-2H3/b18-10-. The topological polar surface area (TPSA) is 101 Å². The maximum atomic E-state index is 12.9. The first-order chi connectivity index (χ1) is 15.5.